The summed E-state index contributed by atoms with van der Waals surface area (Å²) in [6.07, 6.45) is 2.38. The average molecular weight is 323 g/mol. The van der Waals surface area contributed by atoms with E-state index >= 15 is 0 Å². The van der Waals surface area contributed by atoms with Crippen molar-refractivity contribution in [2.45, 2.75) is 11.4 Å². The Bertz CT molecular complexity index is 662. The quantitative estimate of drug-likeness (QED) is 0.814. The molecule has 0 bridgehead atoms. The molecule has 2 aromatic heterocycles. The van der Waals surface area contributed by atoms with Crippen molar-refractivity contribution < 1.29 is 8.42 Å². The molecule has 0 aliphatic heterocycles. The Morgan fingerprint density at radius 1 is 1.53 bits per heavy atom. The minimum Gasteiger partial charge on any atom is -0.309 e. The van der Waals surface area contributed by atoms with Crippen LogP contribution >= 0.6 is 22.9 Å². The van der Waals surface area contributed by atoms with Crippen LogP contribution < -0.4 is 4.72 Å². The van der Waals surface area contributed by atoms with E-state index in [9.17, 15) is 8.42 Å². The molecular weight excluding hydrogens is 308 g/mol. The van der Waals surface area contributed by atoms with Crippen LogP contribution in [0.4, 0.5) is 0 Å². The number of nitrogens with zero attached hydrogens (tertiary/aromatic N) is 3. The van der Waals surface area contributed by atoms with Gasteiger partial charge in [0.1, 0.15) is 0 Å². The Kier molecular flexibility index (Phi) is 4.46. The topological polar surface area (TPSA) is 66.7 Å². The van der Waals surface area contributed by atoms with E-state index in [0.29, 0.717) is 11.5 Å². The van der Waals surface area contributed by atoms with Gasteiger partial charge in [-0.25, -0.2) is 18.1 Å². The van der Waals surface area contributed by atoms with E-state index in [1.54, 1.807) is 11.6 Å². The number of aromatic nitrogens is 2. The number of hydrogen-bond donors (Lipinski definition) is 1. The van der Waals surface area contributed by atoms with Crippen LogP contribution in [0, 0.1) is 0 Å². The summed E-state index contributed by atoms with van der Waals surface area (Å²) in [5, 5.41) is 1.78. The lowest BCUT2D eigenvalue weighted by molar-refractivity contribution is 0.400. The molecule has 0 radical (unpaired) electrons. The lowest BCUT2D eigenvalue weighted by atomic mass is 10.4. The van der Waals surface area contributed by atoms with Crippen molar-refractivity contribution in [2.24, 2.45) is 0 Å². The van der Waals surface area contributed by atoms with Crippen LogP contribution in [0.5, 0.6) is 0 Å². The molecule has 2 heterocycles. The molecule has 0 unspecified atom stereocenters. The smallest absolute Gasteiger partial charge is 0.259 e. The second-order valence-electron chi connectivity index (χ2n) is 4.32. The Balaban J connectivity index is 2.15. The Morgan fingerprint density at radius 2 is 2.26 bits per heavy atom. The number of fused-ring (bicyclic) bond motifs is 1. The zero-order valence-electron chi connectivity index (χ0n) is 10.6. The highest BCUT2D eigenvalue weighted by Gasteiger charge is 2.24. The van der Waals surface area contributed by atoms with Gasteiger partial charge in [-0.2, -0.15) is 0 Å². The fourth-order valence-electron chi connectivity index (χ4n) is 1.65. The minimum atomic E-state index is -3.64. The fourth-order valence-corrected chi connectivity index (χ4v) is 4.17. The van der Waals surface area contributed by atoms with Crippen molar-refractivity contribution in [3.8, 4) is 0 Å². The van der Waals surface area contributed by atoms with Crippen molar-refractivity contribution in [1.29, 1.82) is 0 Å². The lowest BCUT2D eigenvalue weighted by Gasteiger charge is -2.10. The van der Waals surface area contributed by atoms with E-state index in [-0.39, 0.29) is 10.2 Å². The van der Waals surface area contributed by atoms with Crippen LogP contribution in [0.15, 0.2) is 16.6 Å². The molecule has 0 aliphatic rings. The van der Waals surface area contributed by atoms with Crippen molar-refractivity contribution in [2.75, 3.05) is 27.2 Å². The Labute approximate surface area is 121 Å². The van der Waals surface area contributed by atoms with E-state index < -0.39 is 10.0 Å². The molecular formula is C10H15ClN4O2S2. The summed E-state index contributed by atoms with van der Waals surface area (Å²) in [5.41, 5.74) is 0. The third-order valence-electron chi connectivity index (χ3n) is 2.51. The second kappa shape index (κ2) is 5.76. The number of thiazole rings is 1. The molecule has 0 saturated heterocycles. The Morgan fingerprint density at radius 3 is 2.95 bits per heavy atom. The first-order valence-corrected chi connectivity index (χ1v) is 8.41. The van der Waals surface area contributed by atoms with Gasteiger partial charge in [0.05, 0.1) is 0 Å². The number of sulfonamides is 1. The standard InChI is InChI=1S/C10H15ClN4O2S2/c1-14(2)5-3-4-12-19(16,17)9-8(11)13-10-15(9)6-7-18-10/h6-7,12H,3-5H2,1-2H3. The molecule has 0 fully saturated rings. The largest absolute Gasteiger partial charge is 0.309 e. The monoisotopic (exact) mass is 322 g/mol. The first-order chi connectivity index (χ1) is 8.92. The highest BCUT2D eigenvalue weighted by Crippen LogP contribution is 2.24. The molecule has 0 aliphatic carbocycles. The molecule has 0 spiro atoms. The molecule has 9 heteroatoms. The predicted octanol–water partition coefficient (Wildman–Crippen LogP) is 1.28. The van der Waals surface area contributed by atoms with Gasteiger partial charge in [-0.3, -0.25) is 4.40 Å². The van der Waals surface area contributed by atoms with Crippen molar-refractivity contribution in [3.05, 3.63) is 16.7 Å². The zero-order valence-corrected chi connectivity index (χ0v) is 13.0. The summed E-state index contributed by atoms with van der Waals surface area (Å²) in [6, 6.07) is 0. The van der Waals surface area contributed by atoms with Gasteiger partial charge in [0.15, 0.2) is 15.1 Å². The molecule has 2 aromatic rings. The maximum Gasteiger partial charge on any atom is 0.259 e. The first-order valence-electron chi connectivity index (χ1n) is 5.67. The van der Waals surface area contributed by atoms with Crippen LogP contribution in [-0.4, -0.2) is 49.9 Å². The van der Waals surface area contributed by atoms with Crippen LogP contribution in [0.3, 0.4) is 0 Å². The van der Waals surface area contributed by atoms with Gasteiger partial charge in [-0.15, -0.1) is 11.3 Å². The number of imidazole rings is 1. The summed E-state index contributed by atoms with van der Waals surface area (Å²) in [6.45, 7) is 1.19. The normalized spacial score (nSPS) is 12.6. The van der Waals surface area contributed by atoms with Gasteiger partial charge in [0, 0.05) is 18.1 Å². The van der Waals surface area contributed by atoms with Gasteiger partial charge < -0.3 is 4.90 Å². The van der Waals surface area contributed by atoms with E-state index in [1.807, 2.05) is 19.0 Å². The SMILES string of the molecule is CN(C)CCCNS(=O)(=O)c1c(Cl)nc2sccn12. The number of nitrogens with one attached hydrogen (secondary N) is 1. The van der Waals surface area contributed by atoms with E-state index in [0.717, 1.165) is 13.0 Å². The summed E-state index contributed by atoms with van der Waals surface area (Å²) in [5.74, 6) is 0. The van der Waals surface area contributed by atoms with E-state index in [1.165, 1.54) is 15.7 Å². The zero-order chi connectivity index (χ0) is 14.0. The highest BCUT2D eigenvalue weighted by molar-refractivity contribution is 7.89. The van der Waals surface area contributed by atoms with Gasteiger partial charge >= 0.3 is 0 Å². The molecule has 19 heavy (non-hydrogen) atoms. The molecule has 0 aromatic carbocycles. The summed E-state index contributed by atoms with van der Waals surface area (Å²) < 4.78 is 28.4. The van der Waals surface area contributed by atoms with Crippen molar-refractivity contribution in [1.82, 2.24) is 19.0 Å². The summed E-state index contributed by atoms with van der Waals surface area (Å²) >= 11 is 7.24. The van der Waals surface area contributed by atoms with Gasteiger partial charge in [-0.1, -0.05) is 11.6 Å². The third-order valence-corrected chi connectivity index (χ3v) is 5.12. The van der Waals surface area contributed by atoms with Crippen LogP contribution in [0.2, 0.25) is 5.15 Å². The van der Waals surface area contributed by atoms with E-state index in [4.69, 9.17) is 11.6 Å². The van der Waals surface area contributed by atoms with Gasteiger partial charge in [-0.05, 0) is 27.1 Å². The molecule has 2 rings (SSSR count). The maximum absolute atomic E-state index is 12.2. The summed E-state index contributed by atoms with van der Waals surface area (Å²) in [7, 11) is 0.248. The second-order valence-corrected chi connectivity index (χ2v) is 7.23. The van der Waals surface area contributed by atoms with E-state index in [2.05, 4.69) is 9.71 Å². The molecule has 0 saturated carbocycles. The predicted molar refractivity (Wildman–Crippen MR) is 76.4 cm³/mol. The number of halogens is 1. The van der Waals surface area contributed by atoms with Gasteiger partial charge in [0.2, 0.25) is 0 Å². The van der Waals surface area contributed by atoms with Crippen molar-refractivity contribution >= 4 is 37.9 Å². The van der Waals surface area contributed by atoms with Crippen LogP contribution in [0.25, 0.3) is 4.96 Å². The molecule has 1 N–H and O–H groups in total. The van der Waals surface area contributed by atoms with Crippen LogP contribution in [-0.2, 0) is 10.0 Å². The van der Waals surface area contributed by atoms with Crippen LogP contribution in [0.1, 0.15) is 6.42 Å². The maximum atomic E-state index is 12.2. The fraction of sp³-hybridized carbons (Fsp3) is 0.500. The molecule has 6 nitrogen and oxygen atoms in total. The minimum absolute atomic E-state index is 0.00644. The number of hydrogen-bond acceptors (Lipinski definition) is 5. The molecule has 0 amide bonds. The Hall–Kier alpha value is -0.670. The average Bonchev–Trinajstić information content (AvgIpc) is 2.83. The summed E-state index contributed by atoms with van der Waals surface area (Å²) in [4.78, 5) is 6.58. The van der Waals surface area contributed by atoms with Gasteiger partial charge in [0.25, 0.3) is 10.0 Å². The molecule has 106 valence electrons. The molecule has 0 atom stereocenters. The van der Waals surface area contributed by atoms with Crippen molar-refractivity contribution in [3.63, 3.8) is 0 Å². The first kappa shape index (κ1) is 14.7. The highest BCUT2D eigenvalue weighted by atomic mass is 35.5. The third kappa shape index (κ3) is 3.26. The number of rotatable bonds is 6. The lowest BCUT2D eigenvalue weighted by Crippen LogP contribution is -2.28.